The molecule has 1 aliphatic heterocycles. The summed E-state index contributed by atoms with van der Waals surface area (Å²) >= 11 is -3.53. The zero-order chi connectivity index (χ0) is 7.12. The quantitative estimate of drug-likeness (QED) is 0.557. The van der Waals surface area contributed by atoms with E-state index in [0.29, 0.717) is 0 Å². The Morgan fingerprint density at radius 2 is 2.22 bits per heavy atom. The van der Waals surface area contributed by atoms with Crippen molar-refractivity contribution in [3.05, 3.63) is 0 Å². The molecule has 1 atom stereocenters. The fraction of sp³-hybridized carbons (Fsp3) is 1.00. The van der Waals surface area contributed by atoms with Crippen LogP contribution in [0.1, 0.15) is 6.92 Å². The second-order valence-electron chi connectivity index (χ2n) is 1.90. The fourth-order valence-corrected chi connectivity index (χ4v) is 1.37. The number of hydrogen-bond donors (Lipinski definition) is 2. The third-order valence-electron chi connectivity index (χ3n) is 0.753. The first kappa shape index (κ1) is 7.23. The Morgan fingerprint density at radius 3 is 2.33 bits per heavy atom. The molecule has 1 unspecified atom stereocenters. The average molecular weight is 158 g/mol. The highest BCUT2D eigenvalue weighted by atomic mass is 32.3. The SMILES string of the molecule is CC1(F)COS(O)(O)O1. The second kappa shape index (κ2) is 1.80. The van der Waals surface area contributed by atoms with Gasteiger partial charge in [0.15, 0.2) is 0 Å². The summed E-state index contributed by atoms with van der Waals surface area (Å²) in [6, 6.07) is 0. The van der Waals surface area contributed by atoms with Crippen molar-refractivity contribution in [2.24, 2.45) is 0 Å². The summed E-state index contributed by atoms with van der Waals surface area (Å²) in [5, 5.41) is 0. The summed E-state index contributed by atoms with van der Waals surface area (Å²) in [6.07, 6.45) is 0. The Bertz CT molecular complexity index is 111. The number of alkyl halides is 1. The van der Waals surface area contributed by atoms with Crippen molar-refractivity contribution in [2.45, 2.75) is 12.8 Å². The van der Waals surface area contributed by atoms with Gasteiger partial charge in [0.1, 0.15) is 6.61 Å². The number of rotatable bonds is 0. The average Bonchev–Trinajstić information content (AvgIpc) is 1.78. The molecule has 0 aromatic rings. The predicted octanol–water partition coefficient (Wildman–Crippen LogP) is 1.30. The van der Waals surface area contributed by atoms with Gasteiger partial charge in [-0.3, -0.25) is 13.3 Å². The monoisotopic (exact) mass is 158 g/mol. The molecular weight excluding hydrogens is 151 g/mol. The molecule has 0 bridgehead atoms. The summed E-state index contributed by atoms with van der Waals surface area (Å²) < 4.78 is 37.6. The van der Waals surface area contributed by atoms with Crippen LogP contribution in [-0.4, -0.2) is 21.6 Å². The van der Waals surface area contributed by atoms with E-state index in [2.05, 4.69) is 8.37 Å². The van der Waals surface area contributed by atoms with Gasteiger partial charge in [-0.05, 0) is 6.92 Å². The molecule has 56 valence electrons. The van der Waals surface area contributed by atoms with E-state index in [9.17, 15) is 4.39 Å². The van der Waals surface area contributed by atoms with Crippen molar-refractivity contribution in [1.82, 2.24) is 0 Å². The number of hydrogen-bond acceptors (Lipinski definition) is 4. The van der Waals surface area contributed by atoms with Gasteiger partial charge in [-0.1, -0.05) is 0 Å². The minimum absolute atomic E-state index is 0.435. The third-order valence-corrected chi connectivity index (χ3v) is 1.74. The van der Waals surface area contributed by atoms with E-state index in [1.165, 1.54) is 0 Å². The molecule has 1 fully saturated rings. The van der Waals surface area contributed by atoms with Crippen LogP contribution in [0.2, 0.25) is 0 Å². The molecule has 0 aromatic heterocycles. The van der Waals surface area contributed by atoms with E-state index < -0.39 is 23.6 Å². The maximum Gasteiger partial charge on any atom is 0.247 e. The largest absolute Gasteiger partial charge is 0.287 e. The molecule has 6 heteroatoms. The maximum atomic E-state index is 12.5. The minimum atomic E-state index is -3.53. The molecule has 4 nitrogen and oxygen atoms in total. The van der Waals surface area contributed by atoms with Crippen LogP contribution < -0.4 is 0 Å². The van der Waals surface area contributed by atoms with Crippen molar-refractivity contribution in [2.75, 3.05) is 6.61 Å². The summed E-state index contributed by atoms with van der Waals surface area (Å²) in [5.74, 6) is -2.06. The van der Waals surface area contributed by atoms with E-state index in [0.717, 1.165) is 6.92 Å². The van der Waals surface area contributed by atoms with Gasteiger partial charge in [0.25, 0.3) is 0 Å². The van der Waals surface area contributed by atoms with E-state index in [1.54, 1.807) is 0 Å². The Morgan fingerprint density at radius 1 is 1.67 bits per heavy atom. The van der Waals surface area contributed by atoms with Crippen molar-refractivity contribution in [3.63, 3.8) is 0 Å². The minimum Gasteiger partial charge on any atom is -0.287 e. The van der Waals surface area contributed by atoms with Gasteiger partial charge in [-0.15, -0.1) is 0 Å². The lowest BCUT2D eigenvalue weighted by Crippen LogP contribution is -2.19. The van der Waals surface area contributed by atoms with Crippen LogP contribution in [0.15, 0.2) is 0 Å². The highest BCUT2D eigenvalue weighted by molar-refractivity contribution is 8.16. The Hall–Kier alpha value is 0.120. The lowest BCUT2D eigenvalue weighted by Gasteiger charge is -2.17. The molecule has 1 rings (SSSR count). The molecule has 0 spiro atoms. The molecular formula is C3H7FO4S. The van der Waals surface area contributed by atoms with Gasteiger partial charge in [-0.25, -0.2) is 8.57 Å². The lowest BCUT2D eigenvalue weighted by molar-refractivity contribution is -0.0277. The normalized spacial score (nSPS) is 44.9. The van der Waals surface area contributed by atoms with E-state index in [-0.39, 0.29) is 0 Å². The van der Waals surface area contributed by atoms with Gasteiger partial charge in [0.05, 0.1) is 0 Å². The second-order valence-corrected chi connectivity index (χ2v) is 3.19. The smallest absolute Gasteiger partial charge is 0.247 e. The van der Waals surface area contributed by atoms with Crippen LogP contribution in [0.4, 0.5) is 4.39 Å². The first-order chi connectivity index (χ1) is 3.91. The fourth-order valence-electron chi connectivity index (χ4n) is 0.456. The highest BCUT2D eigenvalue weighted by Crippen LogP contribution is 2.51. The van der Waals surface area contributed by atoms with Gasteiger partial charge >= 0.3 is 0 Å². The zero-order valence-corrected chi connectivity index (χ0v) is 5.52. The van der Waals surface area contributed by atoms with Gasteiger partial charge in [0.2, 0.25) is 17.0 Å². The van der Waals surface area contributed by atoms with Gasteiger partial charge < -0.3 is 0 Å². The molecule has 1 saturated heterocycles. The lowest BCUT2D eigenvalue weighted by atomic mass is 10.4. The molecule has 2 N–H and O–H groups in total. The molecule has 1 aliphatic rings. The van der Waals surface area contributed by atoms with E-state index in [4.69, 9.17) is 9.11 Å². The van der Waals surface area contributed by atoms with E-state index in [1.807, 2.05) is 0 Å². The molecule has 0 saturated carbocycles. The zero-order valence-electron chi connectivity index (χ0n) is 4.70. The first-order valence-corrected chi connectivity index (χ1v) is 3.63. The Labute approximate surface area is 53.3 Å². The van der Waals surface area contributed by atoms with Crippen molar-refractivity contribution in [3.8, 4) is 0 Å². The number of halogens is 1. The first-order valence-electron chi connectivity index (χ1n) is 2.23. The van der Waals surface area contributed by atoms with E-state index >= 15 is 0 Å². The van der Waals surface area contributed by atoms with Gasteiger partial charge in [0, 0.05) is 0 Å². The standard InChI is InChI=1S/C3H7FO4S/c1-3(4)2-7-9(5,6)8-3/h5-6H,2H2,1H3. The molecule has 0 radical (unpaired) electrons. The maximum absolute atomic E-state index is 12.5. The summed E-state index contributed by atoms with van der Waals surface area (Å²) in [5.41, 5.74) is 0. The Balaban J connectivity index is 2.58. The van der Waals surface area contributed by atoms with Crippen LogP contribution in [-0.2, 0) is 8.37 Å². The summed E-state index contributed by atoms with van der Waals surface area (Å²) in [6.45, 7) is 0.628. The molecule has 9 heavy (non-hydrogen) atoms. The third kappa shape index (κ3) is 1.77. The van der Waals surface area contributed by atoms with Crippen LogP contribution >= 0.6 is 11.2 Å². The molecule has 1 heterocycles. The summed E-state index contributed by atoms with van der Waals surface area (Å²) in [7, 11) is 0. The van der Waals surface area contributed by atoms with Crippen LogP contribution in [0.5, 0.6) is 0 Å². The highest BCUT2D eigenvalue weighted by Gasteiger charge is 2.43. The van der Waals surface area contributed by atoms with Crippen molar-refractivity contribution in [1.29, 1.82) is 0 Å². The van der Waals surface area contributed by atoms with Crippen LogP contribution in [0, 0.1) is 0 Å². The van der Waals surface area contributed by atoms with Crippen LogP contribution in [0.3, 0.4) is 0 Å². The molecule has 0 amide bonds. The molecule has 0 aliphatic carbocycles. The Kier molecular flexibility index (Phi) is 1.45. The van der Waals surface area contributed by atoms with Crippen LogP contribution in [0.25, 0.3) is 0 Å². The topological polar surface area (TPSA) is 58.9 Å². The van der Waals surface area contributed by atoms with Crippen molar-refractivity contribution >= 4 is 11.2 Å². The predicted molar refractivity (Wildman–Crippen MR) is 29.4 cm³/mol. The summed E-state index contributed by atoms with van der Waals surface area (Å²) in [4.78, 5) is 0. The molecule has 0 aromatic carbocycles. The van der Waals surface area contributed by atoms with Gasteiger partial charge in [-0.2, -0.15) is 0 Å². The van der Waals surface area contributed by atoms with Crippen molar-refractivity contribution < 1.29 is 21.9 Å².